The van der Waals surface area contributed by atoms with Gasteiger partial charge in [0.1, 0.15) is 6.04 Å². The maximum absolute atomic E-state index is 12.7. The molecule has 9 heteroatoms. The summed E-state index contributed by atoms with van der Waals surface area (Å²) in [6.07, 6.45) is 0.855. The Morgan fingerprint density at radius 2 is 1.69 bits per heavy atom. The third-order valence-electron chi connectivity index (χ3n) is 4.85. The predicted molar refractivity (Wildman–Crippen MR) is 116 cm³/mol. The third-order valence-corrected chi connectivity index (χ3v) is 4.85. The summed E-state index contributed by atoms with van der Waals surface area (Å²) in [4.78, 5) is 36.1. The summed E-state index contributed by atoms with van der Waals surface area (Å²) < 4.78 is 4.78. The molecule has 0 aliphatic heterocycles. The highest BCUT2D eigenvalue weighted by atomic mass is 16.5. The van der Waals surface area contributed by atoms with Crippen LogP contribution in [0.3, 0.4) is 0 Å². The molecule has 32 heavy (non-hydrogen) atoms. The Balaban J connectivity index is 1.96. The van der Waals surface area contributed by atoms with Crippen molar-refractivity contribution in [1.82, 2.24) is 10.6 Å². The van der Waals surface area contributed by atoms with E-state index in [-0.39, 0.29) is 17.9 Å². The van der Waals surface area contributed by atoms with E-state index in [4.69, 9.17) is 4.74 Å². The average Bonchev–Trinajstić information content (AvgIpc) is 2.77. The zero-order valence-corrected chi connectivity index (χ0v) is 17.8. The van der Waals surface area contributed by atoms with E-state index in [1.54, 1.807) is 6.07 Å². The second-order valence-corrected chi connectivity index (χ2v) is 7.31. The minimum atomic E-state index is -1.15. The van der Waals surface area contributed by atoms with Gasteiger partial charge in [0.25, 0.3) is 0 Å². The smallest absolute Gasteiger partial charge is 0.328 e. The van der Waals surface area contributed by atoms with Gasteiger partial charge in [-0.1, -0.05) is 36.4 Å². The number of rotatable bonds is 12. The number of ether oxygens (including phenoxy) is 1. The molecular weight excluding hydrogens is 416 g/mol. The van der Waals surface area contributed by atoms with Crippen LogP contribution in [0.2, 0.25) is 0 Å². The molecule has 2 aromatic carbocycles. The van der Waals surface area contributed by atoms with Crippen molar-refractivity contribution >= 4 is 17.8 Å². The zero-order chi connectivity index (χ0) is 23.5. The highest BCUT2D eigenvalue weighted by Crippen LogP contribution is 2.25. The molecule has 9 nitrogen and oxygen atoms in total. The molecule has 172 valence electrons. The van der Waals surface area contributed by atoms with E-state index in [1.165, 1.54) is 19.2 Å². The zero-order valence-electron chi connectivity index (χ0n) is 17.8. The summed E-state index contributed by atoms with van der Waals surface area (Å²) in [5.74, 6) is -2.81. The number of phenols is 2. The van der Waals surface area contributed by atoms with Crippen LogP contribution in [0.1, 0.15) is 24.0 Å². The molecule has 2 rings (SSSR count). The summed E-state index contributed by atoms with van der Waals surface area (Å²) in [5, 5.41) is 33.6. The predicted octanol–water partition coefficient (Wildman–Crippen LogP) is 1.36. The van der Waals surface area contributed by atoms with Crippen LogP contribution in [-0.4, -0.2) is 58.9 Å². The van der Waals surface area contributed by atoms with Crippen molar-refractivity contribution in [1.29, 1.82) is 0 Å². The SMILES string of the molecule is COC(=O)[C@H](Cc1ccccc1)NC(=O)[C@H](CC(=O)O)NCCCc1ccc(O)c(O)c1. The highest BCUT2D eigenvalue weighted by molar-refractivity contribution is 5.90. The summed E-state index contributed by atoms with van der Waals surface area (Å²) in [5.41, 5.74) is 1.61. The molecule has 0 unspecified atom stereocenters. The van der Waals surface area contributed by atoms with Crippen LogP contribution in [0.25, 0.3) is 0 Å². The van der Waals surface area contributed by atoms with E-state index in [1.807, 2.05) is 30.3 Å². The van der Waals surface area contributed by atoms with E-state index in [0.717, 1.165) is 11.1 Å². The Labute approximate surface area is 186 Å². The second kappa shape index (κ2) is 12.3. The number of carbonyl (C=O) groups is 3. The normalized spacial score (nSPS) is 12.5. The lowest BCUT2D eigenvalue weighted by Crippen LogP contribution is -2.52. The van der Waals surface area contributed by atoms with Gasteiger partial charge in [-0.3, -0.25) is 9.59 Å². The standard InChI is InChI=1S/C23H28N2O7/c1-32-23(31)18(12-15-6-3-2-4-7-15)25-22(30)17(14-21(28)29)24-11-5-8-16-9-10-19(26)20(27)13-16/h2-4,6-7,9-10,13,17-18,24,26-27H,5,8,11-12,14H2,1H3,(H,25,30)(H,28,29)/t17-,18-/m0/s1. The van der Waals surface area contributed by atoms with Gasteiger partial charge in [-0.2, -0.15) is 0 Å². The van der Waals surface area contributed by atoms with Gasteiger partial charge in [0.05, 0.1) is 19.6 Å². The number of amides is 1. The first-order valence-electron chi connectivity index (χ1n) is 10.2. The summed E-state index contributed by atoms with van der Waals surface area (Å²) in [6.45, 7) is 0.328. The van der Waals surface area contributed by atoms with Gasteiger partial charge in [0.15, 0.2) is 11.5 Å². The number of carboxylic acids is 1. The Morgan fingerprint density at radius 1 is 0.969 bits per heavy atom. The Kier molecular flexibility index (Phi) is 9.49. The second-order valence-electron chi connectivity index (χ2n) is 7.31. The average molecular weight is 444 g/mol. The first kappa shape index (κ1) is 24.7. The fourth-order valence-electron chi connectivity index (χ4n) is 3.18. The van der Waals surface area contributed by atoms with Crippen LogP contribution in [-0.2, 0) is 32.0 Å². The van der Waals surface area contributed by atoms with Crippen molar-refractivity contribution in [3.8, 4) is 11.5 Å². The molecular formula is C23H28N2O7. The minimum absolute atomic E-state index is 0.208. The van der Waals surface area contributed by atoms with E-state index >= 15 is 0 Å². The van der Waals surface area contributed by atoms with E-state index in [0.29, 0.717) is 19.4 Å². The molecule has 0 fully saturated rings. The van der Waals surface area contributed by atoms with Crippen LogP contribution in [0.5, 0.6) is 11.5 Å². The quantitative estimate of drug-likeness (QED) is 0.187. The van der Waals surface area contributed by atoms with Crippen LogP contribution >= 0.6 is 0 Å². The van der Waals surface area contributed by atoms with Gasteiger partial charge in [-0.05, 0) is 42.6 Å². The maximum Gasteiger partial charge on any atom is 0.328 e. The fourth-order valence-corrected chi connectivity index (χ4v) is 3.18. The molecule has 0 bridgehead atoms. The molecule has 0 saturated carbocycles. The molecule has 0 heterocycles. The van der Waals surface area contributed by atoms with Crippen LogP contribution in [0, 0.1) is 0 Å². The Hall–Kier alpha value is -3.59. The molecule has 2 atom stereocenters. The number of benzene rings is 2. The number of aromatic hydroxyl groups is 2. The monoisotopic (exact) mass is 444 g/mol. The summed E-state index contributed by atoms with van der Waals surface area (Å²) >= 11 is 0. The van der Waals surface area contributed by atoms with E-state index in [2.05, 4.69) is 10.6 Å². The number of methoxy groups -OCH3 is 1. The molecule has 2 aromatic rings. The molecule has 0 aromatic heterocycles. The van der Waals surface area contributed by atoms with Crippen LogP contribution in [0.15, 0.2) is 48.5 Å². The van der Waals surface area contributed by atoms with Crippen molar-refractivity contribution < 1.29 is 34.4 Å². The van der Waals surface area contributed by atoms with Crippen LogP contribution < -0.4 is 10.6 Å². The number of aryl methyl sites for hydroxylation is 1. The van der Waals surface area contributed by atoms with Crippen molar-refractivity contribution in [3.05, 3.63) is 59.7 Å². The topological polar surface area (TPSA) is 145 Å². The molecule has 0 saturated heterocycles. The van der Waals surface area contributed by atoms with Gasteiger partial charge >= 0.3 is 11.9 Å². The summed E-state index contributed by atoms with van der Waals surface area (Å²) in [7, 11) is 1.22. The number of aliphatic carboxylic acids is 1. The van der Waals surface area contributed by atoms with Gasteiger partial charge in [-0.25, -0.2) is 4.79 Å². The molecule has 0 aliphatic carbocycles. The molecule has 1 amide bonds. The molecule has 0 radical (unpaired) electrons. The van der Waals surface area contributed by atoms with Crippen molar-refractivity contribution in [3.63, 3.8) is 0 Å². The van der Waals surface area contributed by atoms with Crippen molar-refractivity contribution in [2.24, 2.45) is 0 Å². The fraction of sp³-hybridized carbons (Fsp3) is 0.348. The highest BCUT2D eigenvalue weighted by Gasteiger charge is 2.27. The minimum Gasteiger partial charge on any atom is -0.504 e. The number of hydrogen-bond donors (Lipinski definition) is 5. The van der Waals surface area contributed by atoms with Gasteiger partial charge in [0, 0.05) is 6.42 Å². The van der Waals surface area contributed by atoms with Gasteiger partial charge in [0.2, 0.25) is 5.91 Å². The van der Waals surface area contributed by atoms with E-state index < -0.39 is 36.4 Å². The van der Waals surface area contributed by atoms with Crippen molar-refractivity contribution in [2.45, 2.75) is 37.8 Å². The Morgan fingerprint density at radius 3 is 2.31 bits per heavy atom. The lowest BCUT2D eigenvalue weighted by Gasteiger charge is -2.21. The van der Waals surface area contributed by atoms with E-state index in [9.17, 15) is 29.7 Å². The van der Waals surface area contributed by atoms with Crippen molar-refractivity contribution in [2.75, 3.05) is 13.7 Å². The maximum atomic E-state index is 12.7. The third kappa shape index (κ3) is 7.92. The number of esters is 1. The number of carbonyl (C=O) groups excluding carboxylic acids is 2. The van der Waals surface area contributed by atoms with Gasteiger partial charge in [-0.15, -0.1) is 0 Å². The first-order valence-corrected chi connectivity index (χ1v) is 10.2. The Bertz CT molecular complexity index is 918. The lowest BCUT2D eigenvalue weighted by atomic mass is 10.0. The number of phenolic OH excluding ortho intramolecular Hbond substituents is 2. The number of carboxylic acid groups (broad SMARTS) is 1. The van der Waals surface area contributed by atoms with Gasteiger partial charge < -0.3 is 30.7 Å². The van der Waals surface area contributed by atoms with Crippen LogP contribution in [0.4, 0.5) is 0 Å². The number of hydrogen-bond acceptors (Lipinski definition) is 7. The first-order chi connectivity index (χ1) is 15.3. The summed E-state index contributed by atoms with van der Waals surface area (Å²) in [6, 6.07) is 11.6. The molecule has 5 N–H and O–H groups in total. The largest absolute Gasteiger partial charge is 0.504 e. The molecule has 0 aliphatic rings. The number of nitrogens with one attached hydrogen (secondary N) is 2. The molecule has 0 spiro atoms. The lowest BCUT2D eigenvalue weighted by molar-refractivity contribution is -0.145.